The first-order chi connectivity index (χ1) is 12.6. The van der Waals surface area contributed by atoms with Gasteiger partial charge in [0.05, 0.1) is 18.8 Å². The minimum atomic E-state index is -0.408. The molecule has 0 saturated carbocycles. The van der Waals surface area contributed by atoms with Gasteiger partial charge in [-0.3, -0.25) is 0 Å². The lowest BCUT2D eigenvalue weighted by atomic mass is 9.96. The van der Waals surface area contributed by atoms with Crippen molar-refractivity contribution in [3.63, 3.8) is 0 Å². The second-order valence-electron chi connectivity index (χ2n) is 5.66. The summed E-state index contributed by atoms with van der Waals surface area (Å²) in [5.74, 6) is 1.04. The van der Waals surface area contributed by atoms with E-state index in [1.807, 2.05) is 44.4 Å². The van der Waals surface area contributed by atoms with Crippen LogP contribution < -0.4 is 10.1 Å². The van der Waals surface area contributed by atoms with Gasteiger partial charge in [0.15, 0.2) is 0 Å². The number of anilines is 1. The summed E-state index contributed by atoms with van der Waals surface area (Å²) in [6.45, 7) is 6.50. The number of ether oxygens (including phenoxy) is 2. The Bertz CT molecular complexity index is 829. The molecule has 1 N–H and O–H groups in total. The summed E-state index contributed by atoms with van der Waals surface area (Å²) < 4.78 is 12.5. The maximum atomic E-state index is 12.6. The fourth-order valence-corrected chi connectivity index (χ4v) is 3.26. The average Bonchev–Trinajstić information content (AvgIpc) is 3.04. The number of fused-ring (bicyclic) bond motifs is 1. The topological polar surface area (TPSA) is 78.3 Å². The van der Waals surface area contributed by atoms with Crippen molar-refractivity contribution in [2.24, 2.45) is 0 Å². The zero-order valence-corrected chi connectivity index (χ0v) is 16.1. The maximum absolute atomic E-state index is 12.6. The lowest BCUT2D eigenvalue weighted by Crippen LogP contribution is -2.29. The van der Waals surface area contributed by atoms with Crippen LogP contribution in [0.25, 0.3) is 0 Å². The minimum Gasteiger partial charge on any atom is -0.494 e. The molecule has 8 heteroatoms. The highest BCUT2D eigenvalue weighted by atomic mass is 32.2. The van der Waals surface area contributed by atoms with Crippen molar-refractivity contribution < 1.29 is 14.3 Å². The van der Waals surface area contributed by atoms with Gasteiger partial charge in [0.25, 0.3) is 0 Å². The molecule has 0 aliphatic carbocycles. The van der Waals surface area contributed by atoms with Gasteiger partial charge in [-0.1, -0.05) is 23.9 Å². The number of hydrogen-bond acceptors (Lipinski definition) is 7. The molecule has 26 heavy (non-hydrogen) atoms. The number of carbonyl (C=O) groups excluding carboxylic acids is 1. The van der Waals surface area contributed by atoms with Crippen LogP contribution in [0.4, 0.5) is 5.95 Å². The summed E-state index contributed by atoms with van der Waals surface area (Å²) in [6.07, 6.45) is 1.92. The third-order valence-corrected chi connectivity index (χ3v) is 4.56. The van der Waals surface area contributed by atoms with E-state index < -0.39 is 6.04 Å². The molecule has 0 spiro atoms. The van der Waals surface area contributed by atoms with Crippen LogP contribution >= 0.6 is 11.8 Å². The van der Waals surface area contributed by atoms with Crippen LogP contribution in [-0.2, 0) is 9.53 Å². The molecular weight excluding hydrogens is 352 g/mol. The molecule has 0 saturated heterocycles. The Morgan fingerprint density at radius 1 is 1.27 bits per heavy atom. The zero-order chi connectivity index (χ0) is 18.7. The number of thioether (sulfide) groups is 1. The third kappa shape index (κ3) is 3.41. The van der Waals surface area contributed by atoms with Crippen LogP contribution in [-0.4, -0.2) is 40.2 Å². The van der Waals surface area contributed by atoms with E-state index in [4.69, 9.17) is 9.47 Å². The number of carbonyl (C=O) groups is 1. The molecule has 1 unspecified atom stereocenters. The van der Waals surface area contributed by atoms with Crippen LogP contribution in [0, 0.1) is 0 Å². The molecule has 2 heterocycles. The van der Waals surface area contributed by atoms with Crippen molar-refractivity contribution in [2.75, 3.05) is 24.8 Å². The molecule has 138 valence electrons. The number of allylic oxidation sites excluding steroid dienone is 1. The molecule has 7 nitrogen and oxygen atoms in total. The van der Waals surface area contributed by atoms with Crippen molar-refractivity contribution >= 4 is 23.7 Å². The number of rotatable bonds is 6. The molecular formula is C18H22N4O3S. The van der Waals surface area contributed by atoms with E-state index in [0.29, 0.717) is 29.9 Å². The van der Waals surface area contributed by atoms with E-state index in [-0.39, 0.29) is 5.97 Å². The number of hydrogen-bond donors (Lipinski definition) is 1. The normalized spacial score (nSPS) is 16.1. The molecule has 1 aliphatic heterocycles. The Labute approximate surface area is 156 Å². The highest BCUT2D eigenvalue weighted by Crippen LogP contribution is 2.36. The molecule has 0 bridgehead atoms. The van der Waals surface area contributed by atoms with Crippen molar-refractivity contribution in [3.05, 3.63) is 41.1 Å². The first-order valence-electron chi connectivity index (χ1n) is 8.47. The van der Waals surface area contributed by atoms with E-state index in [2.05, 4.69) is 15.4 Å². The summed E-state index contributed by atoms with van der Waals surface area (Å²) in [5.41, 5.74) is 2.16. The number of esters is 1. The number of nitrogens with one attached hydrogen (secondary N) is 1. The summed E-state index contributed by atoms with van der Waals surface area (Å²) in [7, 11) is 0. The Morgan fingerprint density at radius 2 is 2.00 bits per heavy atom. The Balaban J connectivity index is 2.09. The van der Waals surface area contributed by atoms with Gasteiger partial charge < -0.3 is 14.8 Å². The monoisotopic (exact) mass is 374 g/mol. The standard InChI is InChI=1S/C18H22N4O3S/c1-5-24-13-9-7-12(8-10-13)15-14(16(23)25-6-2)11(3)19-17-20-18(26-4)21-22(15)17/h7-10,15H,5-6H2,1-4H3,(H,19,20,21). The SMILES string of the molecule is CCOC(=O)C1=C(C)Nc2nc(SC)nn2C1c1ccc(OCC)cc1. The fraction of sp³-hybridized carbons (Fsp3) is 0.389. The average molecular weight is 374 g/mol. The molecule has 1 atom stereocenters. The van der Waals surface area contributed by atoms with E-state index in [1.165, 1.54) is 11.8 Å². The maximum Gasteiger partial charge on any atom is 0.338 e. The van der Waals surface area contributed by atoms with E-state index in [0.717, 1.165) is 17.0 Å². The van der Waals surface area contributed by atoms with Crippen molar-refractivity contribution in [2.45, 2.75) is 32.0 Å². The van der Waals surface area contributed by atoms with Gasteiger partial charge in [-0.25, -0.2) is 9.48 Å². The summed E-state index contributed by atoms with van der Waals surface area (Å²) >= 11 is 1.45. The van der Waals surface area contributed by atoms with Crippen LogP contribution in [0.5, 0.6) is 5.75 Å². The van der Waals surface area contributed by atoms with Crippen molar-refractivity contribution in [3.8, 4) is 5.75 Å². The molecule has 3 rings (SSSR count). The third-order valence-electron chi connectivity index (χ3n) is 4.02. The minimum absolute atomic E-state index is 0.311. The first-order valence-corrected chi connectivity index (χ1v) is 9.69. The van der Waals surface area contributed by atoms with Gasteiger partial charge in [0.1, 0.15) is 11.8 Å². The van der Waals surface area contributed by atoms with Crippen LogP contribution in [0.3, 0.4) is 0 Å². The smallest absolute Gasteiger partial charge is 0.338 e. The number of aromatic nitrogens is 3. The molecule has 0 fully saturated rings. The molecule has 0 radical (unpaired) electrons. The Kier molecular flexibility index (Phi) is 5.51. The fourth-order valence-electron chi connectivity index (χ4n) is 2.91. The van der Waals surface area contributed by atoms with Gasteiger partial charge in [-0.05, 0) is 44.7 Å². The van der Waals surface area contributed by atoms with Gasteiger partial charge in [0, 0.05) is 5.70 Å². The van der Waals surface area contributed by atoms with Gasteiger partial charge in [-0.15, -0.1) is 5.10 Å². The van der Waals surface area contributed by atoms with Gasteiger partial charge in [0.2, 0.25) is 11.1 Å². The molecule has 1 aliphatic rings. The summed E-state index contributed by atoms with van der Waals surface area (Å²) in [5, 5.41) is 8.35. The second-order valence-corrected chi connectivity index (χ2v) is 6.43. The van der Waals surface area contributed by atoms with Crippen molar-refractivity contribution in [1.29, 1.82) is 0 Å². The first kappa shape index (κ1) is 18.3. The molecule has 2 aromatic rings. The molecule has 1 aromatic carbocycles. The predicted molar refractivity (Wildman–Crippen MR) is 101 cm³/mol. The van der Waals surface area contributed by atoms with E-state index >= 15 is 0 Å². The molecule has 1 aromatic heterocycles. The van der Waals surface area contributed by atoms with Crippen LogP contribution in [0.2, 0.25) is 0 Å². The number of benzene rings is 1. The lowest BCUT2D eigenvalue weighted by molar-refractivity contribution is -0.139. The van der Waals surface area contributed by atoms with E-state index in [1.54, 1.807) is 11.6 Å². The predicted octanol–water partition coefficient (Wildman–Crippen LogP) is 3.25. The van der Waals surface area contributed by atoms with Gasteiger partial charge >= 0.3 is 5.97 Å². The highest BCUT2D eigenvalue weighted by molar-refractivity contribution is 7.98. The van der Waals surface area contributed by atoms with Crippen LogP contribution in [0.1, 0.15) is 32.4 Å². The van der Waals surface area contributed by atoms with Crippen LogP contribution in [0.15, 0.2) is 40.7 Å². The zero-order valence-electron chi connectivity index (χ0n) is 15.3. The largest absolute Gasteiger partial charge is 0.494 e. The quantitative estimate of drug-likeness (QED) is 0.614. The lowest BCUT2D eigenvalue weighted by Gasteiger charge is -2.28. The Morgan fingerprint density at radius 3 is 2.62 bits per heavy atom. The molecule has 0 amide bonds. The second kappa shape index (κ2) is 7.82. The van der Waals surface area contributed by atoms with E-state index in [9.17, 15) is 4.79 Å². The summed E-state index contributed by atoms with van der Waals surface area (Å²) in [6, 6.07) is 7.26. The van der Waals surface area contributed by atoms with Gasteiger partial charge in [-0.2, -0.15) is 4.98 Å². The highest BCUT2D eigenvalue weighted by Gasteiger charge is 2.35. The number of nitrogens with zero attached hydrogens (tertiary/aromatic N) is 3. The van der Waals surface area contributed by atoms with Crippen molar-refractivity contribution in [1.82, 2.24) is 14.8 Å². The summed E-state index contributed by atoms with van der Waals surface area (Å²) in [4.78, 5) is 17.1. The Hall–Kier alpha value is -2.48.